The summed E-state index contributed by atoms with van der Waals surface area (Å²) in [7, 11) is 2.16. The normalized spacial score (nSPS) is 31.2. The molecule has 1 saturated carbocycles. The zero-order valence-electron chi connectivity index (χ0n) is 18.1. The van der Waals surface area contributed by atoms with Crippen molar-refractivity contribution in [2.45, 2.75) is 43.7 Å². The predicted octanol–water partition coefficient (Wildman–Crippen LogP) is 2.45. The molecule has 2 aliphatic carbocycles. The smallest absolute Gasteiger partial charge is 0.231 e. The van der Waals surface area contributed by atoms with E-state index in [9.17, 15) is 14.3 Å². The zero-order chi connectivity index (χ0) is 22.0. The number of aromatic hydroxyl groups is 1. The number of hydrogen-bond acceptors (Lipinski definition) is 4. The third kappa shape index (κ3) is 3.15. The molecule has 5 rings (SSSR count). The summed E-state index contributed by atoms with van der Waals surface area (Å²) in [5.41, 5.74) is 9.26. The standard InChI is InChI=1S/C25H30FN3O2/c1-24-14-25(12-17-5-8-19(30)11-20(17)24)15-28(2)23(25)22(24)29(13-21(27)31)10-9-16-3-6-18(26)7-4-16/h3-8,11,22-23,30H,9-10,12-15H2,1-2H3,(H2,27,31)/t22-,23?,24+,25?/m0/s1. The van der Waals surface area contributed by atoms with Gasteiger partial charge in [-0.3, -0.25) is 9.69 Å². The summed E-state index contributed by atoms with van der Waals surface area (Å²) < 4.78 is 13.3. The average molecular weight is 424 g/mol. The maximum atomic E-state index is 13.3. The number of rotatable bonds is 6. The Morgan fingerprint density at radius 3 is 2.71 bits per heavy atom. The van der Waals surface area contributed by atoms with Gasteiger partial charge < -0.3 is 15.7 Å². The Labute approximate surface area is 182 Å². The molecule has 164 valence electrons. The van der Waals surface area contributed by atoms with Crippen LogP contribution >= 0.6 is 0 Å². The van der Waals surface area contributed by atoms with Crippen molar-refractivity contribution in [3.05, 3.63) is 65.0 Å². The second-order valence-electron chi connectivity index (χ2n) is 10.1. The summed E-state index contributed by atoms with van der Waals surface area (Å²) in [6.45, 7) is 4.20. The molecule has 31 heavy (non-hydrogen) atoms. The van der Waals surface area contributed by atoms with Crippen molar-refractivity contribution in [1.82, 2.24) is 9.80 Å². The molecule has 0 aromatic heterocycles. The first kappa shape index (κ1) is 20.5. The molecule has 3 N–H and O–H groups in total. The fraction of sp³-hybridized carbons (Fsp3) is 0.480. The van der Waals surface area contributed by atoms with E-state index >= 15 is 0 Å². The van der Waals surface area contributed by atoms with Gasteiger partial charge in [-0.15, -0.1) is 0 Å². The number of phenolic OH excluding ortho intramolecular Hbond substituents is 1. The Hall–Kier alpha value is -2.44. The number of likely N-dealkylation sites (N-methyl/N-ethyl adjacent to an activating group) is 1. The maximum Gasteiger partial charge on any atom is 0.231 e. The molecule has 0 radical (unpaired) electrons. The van der Waals surface area contributed by atoms with Crippen LogP contribution in [0.15, 0.2) is 42.5 Å². The van der Waals surface area contributed by atoms with Crippen molar-refractivity contribution < 1.29 is 14.3 Å². The number of likely N-dealkylation sites (tertiary alicyclic amines) is 1. The monoisotopic (exact) mass is 423 g/mol. The number of amides is 1. The zero-order valence-corrected chi connectivity index (χ0v) is 18.1. The number of nitrogens with zero attached hydrogens (tertiary/aromatic N) is 2. The SMILES string of the molecule is CN1CC23Cc4ccc(O)cc4[C@@](C)(C2)[C@@H](N(CCc2ccc(F)cc2)CC(N)=O)C13. The Balaban J connectivity index is 1.52. The molecule has 3 aliphatic rings. The van der Waals surface area contributed by atoms with Crippen LogP contribution in [0.1, 0.15) is 30.0 Å². The van der Waals surface area contributed by atoms with Crippen LogP contribution in [-0.4, -0.2) is 59.6 Å². The number of nitrogens with two attached hydrogens (primary N) is 1. The minimum atomic E-state index is -0.337. The van der Waals surface area contributed by atoms with Crippen LogP contribution in [0, 0.1) is 11.2 Å². The number of carbonyl (C=O) groups excluding carboxylic acids is 1. The van der Waals surface area contributed by atoms with E-state index in [0.717, 1.165) is 31.4 Å². The van der Waals surface area contributed by atoms with E-state index in [2.05, 4.69) is 29.8 Å². The first-order valence-corrected chi connectivity index (χ1v) is 11.0. The highest BCUT2D eigenvalue weighted by Gasteiger charge is 2.69. The molecule has 4 atom stereocenters. The van der Waals surface area contributed by atoms with Crippen molar-refractivity contribution in [3.8, 4) is 5.75 Å². The highest BCUT2D eigenvalue weighted by molar-refractivity contribution is 5.76. The molecule has 1 heterocycles. The molecule has 1 saturated heterocycles. The molecular formula is C25H30FN3O2. The summed E-state index contributed by atoms with van der Waals surface area (Å²) in [5, 5.41) is 10.2. The van der Waals surface area contributed by atoms with E-state index in [-0.39, 0.29) is 40.9 Å². The molecule has 1 amide bonds. The Morgan fingerprint density at radius 2 is 2.03 bits per heavy atom. The minimum Gasteiger partial charge on any atom is -0.508 e. The van der Waals surface area contributed by atoms with Gasteiger partial charge in [0, 0.05) is 36.0 Å². The van der Waals surface area contributed by atoms with E-state index < -0.39 is 0 Å². The molecule has 2 aromatic carbocycles. The topological polar surface area (TPSA) is 69.8 Å². The van der Waals surface area contributed by atoms with Gasteiger partial charge in [0.15, 0.2) is 0 Å². The van der Waals surface area contributed by atoms with Crippen molar-refractivity contribution in [2.75, 3.05) is 26.7 Å². The van der Waals surface area contributed by atoms with Crippen LogP contribution in [0.2, 0.25) is 0 Å². The molecule has 1 aliphatic heterocycles. The van der Waals surface area contributed by atoms with Crippen molar-refractivity contribution >= 4 is 5.91 Å². The summed E-state index contributed by atoms with van der Waals surface area (Å²) in [4.78, 5) is 16.7. The van der Waals surface area contributed by atoms with Gasteiger partial charge in [-0.25, -0.2) is 4.39 Å². The fourth-order valence-corrected chi connectivity index (χ4v) is 7.11. The van der Waals surface area contributed by atoms with Gasteiger partial charge in [-0.1, -0.05) is 25.1 Å². The van der Waals surface area contributed by atoms with Crippen LogP contribution < -0.4 is 5.73 Å². The van der Waals surface area contributed by atoms with E-state index in [4.69, 9.17) is 5.73 Å². The van der Waals surface area contributed by atoms with E-state index in [1.165, 1.54) is 23.3 Å². The van der Waals surface area contributed by atoms with Gasteiger partial charge in [0.05, 0.1) is 6.54 Å². The molecule has 2 aromatic rings. The Bertz CT molecular complexity index is 1030. The predicted molar refractivity (Wildman–Crippen MR) is 117 cm³/mol. The lowest BCUT2D eigenvalue weighted by molar-refractivity contribution is -0.121. The highest BCUT2D eigenvalue weighted by Crippen LogP contribution is 2.64. The number of halogens is 1. The minimum absolute atomic E-state index is 0.113. The quantitative estimate of drug-likeness (QED) is 0.749. The third-order valence-electron chi connectivity index (χ3n) is 7.94. The molecule has 6 heteroatoms. The van der Waals surface area contributed by atoms with Crippen LogP contribution in [0.5, 0.6) is 5.75 Å². The number of hydrogen-bond donors (Lipinski definition) is 2. The largest absolute Gasteiger partial charge is 0.508 e. The fourth-order valence-electron chi connectivity index (χ4n) is 7.11. The average Bonchev–Trinajstić information content (AvgIpc) is 2.87. The second-order valence-corrected chi connectivity index (χ2v) is 10.1. The molecule has 5 nitrogen and oxygen atoms in total. The third-order valence-corrected chi connectivity index (χ3v) is 7.94. The first-order valence-electron chi connectivity index (χ1n) is 11.0. The van der Waals surface area contributed by atoms with Gasteiger partial charge in [-0.2, -0.15) is 0 Å². The van der Waals surface area contributed by atoms with Crippen molar-refractivity contribution in [2.24, 2.45) is 11.1 Å². The van der Waals surface area contributed by atoms with Gasteiger partial charge in [0.2, 0.25) is 5.91 Å². The Kier molecular flexibility index (Phi) is 4.65. The summed E-state index contributed by atoms with van der Waals surface area (Å²) in [6, 6.07) is 12.8. The number of phenols is 1. The number of primary amides is 1. The van der Waals surface area contributed by atoms with E-state index in [1.807, 2.05) is 6.07 Å². The Morgan fingerprint density at radius 1 is 1.29 bits per heavy atom. The summed E-state index contributed by atoms with van der Waals surface area (Å²) in [5.74, 6) is -0.296. The first-order chi connectivity index (χ1) is 14.7. The van der Waals surface area contributed by atoms with Crippen LogP contribution in [0.25, 0.3) is 0 Å². The highest BCUT2D eigenvalue weighted by atomic mass is 19.1. The number of benzene rings is 2. The lowest BCUT2D eigenvalue weighted by Crippen LogP contribution is -2.67. The van der Waals surface area contributed by atoms with Crippen LogP contribution in [0.3, 0.4) is 0 Å². The summed E-state index contributed by atoms with van der Waals surface area (Å²) in [6.07, 6.45) is 2.77. The van der Waals surface area contributed by atoms with Crippen molar-refractivity contribution in [1.29, 1.82) is 0 Å². The lowest BCUT2D eigenvalue weighted by Gasteiger charge is -2.55. The number of carbonyl (C=O) groups is 1. The molecular weight excluding hydrogens is 393 g/mol. The van der Waals surface area contributed by atoms with Gasteiger partial charge >= 0.3 is 0 Å². The van der Waals surface area contributed by atoms with Crippen LogP contribution in [0.4, 0.5) is 4.39 Å². The van der Waals surface area contributed by atoms with E-state index in [1.54, 1.807) is 18.2 Å². The molecule has 2 fully saturated rings. The molecule has 2 unspecified atom stereocenters. The van der Waals surface area contributed by atoms with Gasteiger partial charge in [0.1, 0.15) is 11.6 Å². The number of fused-ring (bicyclic) bond motifs is 3. The maximum absolute atomic E-state index is 13.3. The van der Waals surface area contributed by atoms with Gasteiger partial charge in [-0.05, 0) is 67.3 Å². The molecule has 2 bridgehead atoms. The summed E-state index contributed by atoms with van der Waals surface area (Å²) >= 11 is 0. The molecule has 1 spiro atoms. The van der Waals surface area contributed by atoms with Crippen LogP contribution in [-0.2, 0) is 23.1 Å². The van der Waals surface area contributed by atoms with Gasteiger partial charge in [0.25, 0.3) is 0 Å². The lowest BCUT2D eigenvalue weighted by atomic mass is 9.63. The van der Waals surface area contributed by atoms with E-state index in [0.29, 0.717) is 12.6 Å². The second kappa shape index (κ2) is 7.04. The van der Waals surface area contributed by atoms with Crippen molar-refractivity contribution in [3.63, 3.8) is 0 Å².